The molecular weight excluding hydrogens is 278 g/mol. The number of thiazole rings is 1. The molecule has 0 spiro atoms. The maximum atomic E-state index is 4.87. The quantitative estimate of drug-likeness (QED) is 0.737. The van der Waals surface area contributed by atoms with Gasteiger partial charge >= 0.3 is 0 Å². The van der Waals surface area contributed by atoms with Gasteiger partial charge in [0.05, 0.1) is 5.69 Å². The van der Waals surface area contributed by atoms with Crippen LogP contribution in [0.25, 0.3) is 16.2 Å². The number of hydrogen-bond acceptors (Lipinski definition) is 3. The summed E-state index contributed by atoms with van der Waals surface area (Å²) in [5.74, 6) is 0. The molecular formula is C17H17N3S. The fourth-order valence-corrected chi connectivity index (χ4v) is 4.76. The molecule has 0 saturated heterocycles. The normalized spacial score (nSPS) is 16.8. The largest absolute Gasteiger partial charge is 0.384 e. The van der Waals surface area contributed by atoms with Crippen molar-refractivity contribution in [3.63, 3.8) is 0 Å². The number of benzene rings is 1. The Morgan fingerprint density at radius 3 is 3.10 bits per heavy atom. The molecule has 21 heavy (non-hydrogen) atoms. The van der Waals surface area contributed by atoms with Crippen LogP contribution in [0.5, 0.6) is 0 Å². The lowest BCUT2D eigenvalue weighted by atomic mass is 10.0. The zero-order valence-corrected chi connectivity index (χ0v) is 12.7. The SMILES string of the molecule is c1cc2c(cc1-c1cn3c4c(sc3n1)CCCC4)CCN2. The van der Waals surface area contributed by atoms with E-state index in [-0.39, 0.29) is 0 Å². The molecule has 106 valence electrons. The van der Waals surface area contributed by atoms with E-state index in [0.717, 1.165) is 23.6 Å². The Kier molecular flexibility index (Phi) is 2.44. The van der Waals surface area contributed by atoms with Crippen molar-refractivity contribution in [2.75, 3.05) is 11.9 Å². The standard InChI is InChI=1S/C17H17N3S/c1-2-4-16-15(3-1)20-10-14(19-17(20)21-16)11-5-6-13-12(9-11)7-8-18-13/h5-6,9-10,18H,1-4,7-8H2. The van der Waals surface area contributed by atoms with Crippen LogP contribution in [0.4, 0.5) is 5.69 Å². The summed E-state index contributed by atoms with van der Waals surface area (Å²) in [5.41, 5.74) is 6.58. The fraction of sp³-hybridized carbons (Fsp3) is 0.353. The maximum Gasteiger partial charge on any atom is 0.194 e. The monoisotopic (exact) mass is 295 g/mol. The number of hydrogen-bond donors (Lipinski definition) is 1. The minimum Gasteiger partial charge on any atom is -0.384 e. The van der Waals surface area contributed by atoms with E-state index in [2.05, 4.69) is 34.1 Å². The van der Waals surface area contributed by atoms with Crippen molar-refractivity contribution in [1.82, 2.24) is 9.38 Å². The molecule has 0 bridgehead atoms. The molecule has 1 N–H and O–H groups in total. The Morgan fingerprint density at radius 1 is 1.14 bits per heavy atom. The van der Waals surface area contributed by atoms with Crippen molar-refractivity contribution in [2.45, 2.75) is 32.1 Å². The van der Waals surface area contributed by atoms with E-state index in [9.17, 15) is 0 Å². The highest BCUT2D eigenvalue weighted by atomic mass is 32.1. The third-order valence-electron chi connectivity index (χ3n) is 4.68. The van der Waals surface area contributed by atoms with Gasteiger partial charge in [0.25, 0.3) is 0 Å². The summed E-state index contributed by atoms with van der Waals surface area (Å²) in [7, 11) is 0. The van der Waals surface area contributed by atoms with E-state index in [1.165, 1.54) is 48.2 Å². The lowest BCUT2D eigenvalue weighted by Gasteiger charge is -2.09. The van der Waals surface area contributed by atoms with Gasteiger partial charge in [0.1, 0.15) is 0 Å². The van der Waals surface area contributed by atoms with Crippen molar-refractivity contribution < 1.29 is 0 Å². The second kappa shape index (κ2) is 4.34. The van der Waals surface area contributed by atoms with Gasteiger partial charge in [-0.2, -0.15) is 0 Å². The van der Waals surface area contributed by atoms with Crippen LogP contribution in [0, 0.1) is 0 Å². The summed E-state index contributed by atoms with van der Waals surface area (Å²) >= 11 is 1.88. The lowest BCUT2D eigenvalue weighted by molar-refractivity contribution is 0.674. The van der Waals surface area contributed by atoms with Gasteiger partial charge in [-0.1, -0.05) is 6.07 Å². The molecule has 0 amide bonds. The molecule has 3 nitrogen and oxygen atoms in total. The molecule has 3 aromatic rings. The van der Waals surface area contributed by atoms with Crippen LogP contribution >= 0.6 is 11.3 Å². The summed E-state index contributed by atoms with van der Waals surface area (Å²) < 4.78 is 2.33. The van der Waals surface area contributed by atoms with Crippen molar-refractivity contribution in [3.05, 3.63) is 40.5 Å². The molecule has 4 heteroatoms. The van der Waals surface area contributed by atoms with Crippen LogP contribution in [0.3, 0.4) is 0 Å². The fourth-order valence-electron chi connectivity index (χ4n) is 3.57. The molecule has 2 aromatic heterocycles. The Labute approximate surface area is 127 Å². The first-order valence-electron chi connectivity index (χ1n) is 7.75. The van der Waals surface area contributed by atoms with E-state index in [4.69, 9.17) is 4.98 Å². The van der Waals surface area contributed by atoms with Crippen LogP contribution in [0.2, 0.25) is 0 Å². The smallest absolute Gasteiger partial charge is 0.194 e. The minimum absolute atomic E-state index is 1.06. The topological polar surface area (TPSA) is 29.3 Å². The molecule has 0 radical (unpaired) electrons. The van der Waals surface area contributed by atoms with Crippen molar-refractivity contribution >= 4 is 22.0 Å². The summed E-state index contributed by atoms with van der Waals surface area (Å²) in [5, 5.41) is 3.42. The molecule has 1 aliphatic heterocycles. The zero-order chi connectivity index (χ0) is 13.8. The summed E-state index contributed by atoms with van der Waals surface area (Å²) in [6.07, 6.45) is 8.46. The van der Waals surface area contributed by atoms with Gasteiger partial charge in [-0.05, 0) is 49.8 Å². The third kappa shape index (κ3) is 1.75. The summed E-state index contributed by atoms with van der Waals surface area (Å²) in [6.45, 7) is 1.06. The van der Waals surface area contributed by atoms with Crippen molar-refractivity contribution in [3.8, 4) is 11.3 Å². The Hall–Kier alpha value is -1.81. The number of aryl methyl sites for hydroxylation is 2. The maximum absolute atomic E-state index is 4.87. The number of anilines is 1. The summed E-state index contributed by atoms with van der Waals surface area (Å²) in [6, 6.07) is 6.69. The molecule has 0 saturated carbocycles. The van der Waals surface area contributed by atoms with Gasteiger partial charge in [-0.25, -0.2) is 4.98 Å². The van der Waals surface area contributed by atoms with Gasteiger partial charge in [0.2, 0.25) is 0 Å². The van der Waals surface area contributed by atoms with Gasteiger partial charge in [0.15, 0.2) is 4.96 Å². The first kappa shape index (κ1) is 11.8. The first-order chi connectivity index (χ1) is 10.4. The van der Waals surface area contributed by atoms with E-state index in [1.807, 2.05) is 11.3 Å². The van der Waals surface area contributed by atoms with E-state index in [0.29, 0.717) is 0 Å². The van der Waals surface area contributed by atoms with Crippen molar-refractivity contribution in [1.29, 1.82) is 0 Å². The van der Waals surface area contributed by atoms with Crippen molar-refractivity contribution in [2.24, 2.45) is 0 Å². The lowest BCUT2D eigenvalue weighted by Crippen LogP contribution is -2.01. The number of rotatable bonds is 1. The van der Waals surface area contributed by atoms with Gasteiger partial charge < -0.3 is 5.32 Å². The Bertz CT molecular complexity index is 843. The average Bonchev–Trinajstić information content (AvgIpc) is 3.19. The number of imidazole rings is 1. The predicted octanol–water partition coefficient (Wildman–Crippen LogP) is 3.91. The van der Waals surface area contributed by atoms with E-state index >= 15 is 0 Å². The zero-order valence-electron chi connectivity index (χ0n) is 11.9. The molecule has 3 heterocycles. The minimum atomic E-state index is 1.06. The molecule has 0 unspecified atom stereocenters. The number of fused-ring (bicyclic) bond motifs is 4. The number of nitrogens with zero attached hydrogens (tertiary/aromatic N) is 2. The number of nitrogens with one attached hydrogen (secondary N) is 1. The van der Waals surface area contributed by atoms with Gasteiger partial charge in [0, 0.05) is 34.6 Å². The highest BCUT2D eigenvalue weighted by molar-refractivity contribution is 7.17. The molecule has 1 aliphatic carbocycles. The van der Waals surface area contributed by atoms with Crippen LogP contribution in [-0.2, 0) is 19.3 Å². The second-order valence-corrected chi connectivity index (χ2v) is 7.07. The predicted molar refractivity (Wildman–Crippen MR) is 87.3 cm³/mol. The van der Waals surface area contributed by atoms with Gasteiger partial charge in [-0.3, -0.25) is 4.40 Å². The number of aromatic nitrogens is 2. The molecule has 1 aromatic carbocycles. The molecule has 2 aliphatic rings. The van der Waals surface area contributed by atoms with Crippen LogP contribution in [0.1, 0.15) is 29.0 Å². The highest BCUT2D eigenvalue weighted by Crippen LogP contribution is 2.33. The molecule has 5 rings (SSSR count). The molecule has 0 fully saturated rings. The second-order valence-electron chi connectivity index (χ2n) is 6.01. The average molecular weight is 295 g/mol. The first-order valence-corrected chi connectivity index (χ1v) is 8.57. The van der Waals surface area contributed by atoms with Gasteiger partial charge in [-0.15, -0.1) is 11.3 Å². The van der Waals surface area contributed by atoms with E-state index in [1.54, 1.807) is 4.88 Å². The Balaban J connectivity index is 1.63. The van der Waals surface area contributed by atoms with Crippen LogP contribution in [0.15, 0.2) is 24.4 Å². The molecule has 0 atom stereocenters. The summed E-state index contributed by atoms with van der Waals surface area (Å²) in [4.78, 5) is 7.59. The third-order valence-corrected chi connectivity index (χ3v) is 5.84. The van der Waals surface area contributed by atoms with E-state index < -0.39 is 0 Å². The van der Waals surface area contributed by atoms with Crippen LogP contribution < -0.4 is 5.32 Å². The van der Waals surface area contributed by atoms with Crippen LogP contribution in [-0.4, -0.2) is 15.9 Å². The highest BCUT2D eigenvalue weighted by Gasteiger charge is 2.19. The Morgan fingerprint density at radius 2 is 2.10 bits per heavy atom.